The molecule has 0 heterocycles. The van der Waals surface area contributed by atoms with Crippen molar-refractivity contribution in [3.8, 4) is 0 Å². The maximum atomic E-state index is 12.0. The van der Waals surface area contributed by atoms with Crippen molar-refractivity contribution < 1.29 is 9.53 Å². The van der Waals surface area contributed by atoms with E-state index in [0.717, 1.165) is 50.5 Å². The molecule has 1 rings (SSSR count). The second kappa shape index (κ2) is 14.8. The molecule has 1 aromatic rings. The van der Waals surface area contributed by atoms with Crippen molar-refractivity contribution in [2.75, 3.05) is 47.4 Å². The van der Waals surface area contributed by atoms with E-state index < -0.39 is 0 Å². The van der Waals surface area contributed by atoms with Gasteiger partial charge in [0.1, 0.15) is 0 Å². The lowest BCUT2D eigenvalue weighted by Gasteiger charge is -2.13. The first kappa shape index (κ1) is 24.7. The van der Waals surface area contributed by atoms with Crippen molar-refractivity contribution in [3.05, 3.63) is 35.4 Å². The number of guanidine groups is 1. The third-order valence-electron chi connectivity index (χ3n) is 3.69. The van der Waals surface area contributed by atoms with Crippen LogP contribution in [0.3, 0.4) is 0 Å². The molecular formula is C19H33IN4O2. The zero-order valence-corrected chi connectivity index (χ0v) is 18.7. The number of benzene rings is 1. The Kier molecular flexibility index (Phi) is 14.0. The molecule has 0 aliphatic heterocycles. The Morgan fingerprint density at radius 2 is 1.92 bits per heavy atom. The van der Waals surface area contributed by atoms with Gasteiger partial charge in [0.2, 0.25) is 0 Å². The number of ether oxygens (including phenoxy) is 1. The molecule has 0 aliphatic carbocycles. The number of hydrogen-bond donors (Lipinski definition) is 2. The van der Waals surface area contributed by atoms with Crippen LogP contribution in [-0.2, 0) is 11.2 Å². The largest absolute Gasteiger partial charge is 0.380 e. The summed E-state index contributed by atoms with van der Waals surface area (Å²) in [6.07, 6.45) is 3.07. The number of amides is 1. The second-order valence-corrected chi connectivity index (χ2v) is 6.04. The van der Waals surface area contributed by atoms with Gasteiger partial charge in [-0.15, -0.1) is 24.0 Å². The van der Waals surface area contributed by atoms with Gasteiger partial charge in [0.05, 0.1) is 6.61 Å². The summed E-state index contributed by atoms with van der Waals surface area (Å²) in [6.45, 7) is 5.12. The van der Waals surface area contributed by atoms with E-state index in [2.05, 4.69) is 22.5 Å². The Balaban J connectivity index is 0.00000625. The number of nitrogens with one attached hydrogen (secondary N) is 2. The molecule has 148 valence electrons. The Morgan fingerprint density at radius 1 is 1.19 bits per heavy atom. The van der Waals surface area contributed by atoms with E-state index >= 15 is 0 Å². The highest BCUT2D eigenvalue weighted by Gasteiger charge is 2.08. The zero-order chi connectivity index (χ0) is 18.5. The third kappa shape index (κ3) is 9.96. The molecule has 0 saturated carbocycles. The fourth-order valence-corrected chi connectivity index (χ4v) is 2.25. The topological polar surface area (TPSA) is 66.0 Å². The molecule has 2 N–H and O–H groups in total. The van der Waals surface area contributed by atoms with E-state index in [1.54, 1.807) is 26.0 Å². The first-order chi connectivity index (χ1) is 12.1. The summed E-state index contributed by atoms with van der Waals surface area (Å²) < 4.78 is 5.52. The van der Waals surface area contributed by atoms with Gasteiger partial charge in [-0.1, -0.05) is 25.5 Å². The maximum absolute atomic E-state index is 12.0. The summed E-state index contributed by atoms with van der Waals surface area (Å²) >= 11 is 0. The minimum atomic E-state index is 0. The van der Waals surface area contributed by atoms with Crippen molar-refractivity contribution in [2.45, 2.75) is 26.2 Å². The van der Waals surface area contributed by atoms with Crippen molar-refractivity contribution >= 4 is 35.8 Å². The zero-order valence-electron chi connectivity index (χ0n) is 16.4. The van der Waals surface area contributed by atoms with E-state index in [1.807, 2.05) is 24.3 Å². The van der Waals surface area contributed by atoms with Crippen LogP contribution in [-0.4, -0.2) is 64.2 Å². The summed E-state index contributed by atoms with van der Waals surface area (Å²) in [5, 5.41) is 6.51. The van der Waals surface area contributed by atoms with Gasteiger partial charge in [-0.2, -0.15) is 0 Å². The van der Waals surface area contributed by atoms with E-state index in [9.17, 15) is 4.79 Å². The molecule has 7 heteroatoms. The van der Waals surface area contributed by atoms with Crippen molar-refractivity contribution in [1.82, 2.24) is 15.5 Å². The molecule has 1 amide bonds. The number of hydrogen-bond acceptors (Lipinski definition) is 3. The SMILES string of the molecule is CCCCOCCNC(=NC)NCCc1cccc(C(=O)N(C)C)c1.I. The number of carbonyl (C=O) groups is 1. The molecule has 0 fully saturated rings. The Hall–Kier alpha value is -1.35. The van der Waals surface area contributed by atoms with Gasteiger partial charge in [-0.05, 0) is 30.5 Å². The molecule has 0 radical (unpaired) electrons. The predicted molar refractivity (Wildman–Crippen MR) is 119 cm³/mol. The summed E-state index contributed by atoms with van der Waals surface area (Å²) in [4.78, 5) is 17.8. The fraction of sp³-hybridized carbons (Fsp3) is 0.579. The maximum Gasteiger partial charge on any atom is 0.253 e. The van der Waals surface area contributed by atoms with Crippen LogP contribution in [0.4, 0.5) is 0 Å². The van der Waals surface area contributed by atoms with Crippen LogP contribution in [0, 0.1) is 0 Å². The molecule has 0 unspecified atom stereocenters. The normalized spacial score (nSPS) is 10.8. The summed E-state index contributed by atoms with van der Waals surface area (Å²) in [5.41, 5.74) is 1.84. The van der Waals surface area contributed by atoms with Crippen molar-refractivity contribution in [2.24, 2.45) is 4.99 Å². The van der Waals surface area contributed by atoms with Crippen LogP contribution in [0.1, 0.15) is 35.7 Å². The van der Waals surface area contributed by atoms with Gasteiger partial charge in [0, 0.05) is 46.4 Å². The molecular weight excluding hydrogens is 443 g/mol. The molecule has 26 heavy (non-hydrogen) atoms. The lowest BCUT2D eigenvalue weighted by Crippen LogP contribution is -2.39. The average Bonchev–Trinajstić information content (AvgIpc) is 2.62. The van der Waals surface area contributed by atoms with Gasteiger partial charge in [0.15, 0.2) is 5.96 Å². The summed E-state index contributed by atoms with van der Waals surface area (Å²) in [5.74, 6) is 0.787. The number of aliphatic imine (C=N–C) groups is 1. The van der Waals surface area contributed by atoms with Gasteiger partial charge in [-0.3, -0.25) is 9.79 Å². The first-order valence-corrected chi connectivity index (χ1v) is 8.91. The number of carbonyl (C=O) groups excluding carboxylic acids is 1. The monoisotopic (exact) mass is 476 g/mol. The van der Waals surface area contributed by atoms with Crippen molar-refractivity contribution in [1.29, 1.82) is 0 Å². The quantitative estimate of drug-likeness (QED) is 0.236. The van der Waals surface area contributed by atoms with E-state index in [-0.39, 0.29) is 29.9 Å². The summed E-state index contributed by atoms with van der Waals surface area (Å²) in [7, 11) is 5.28. The standard InChI is InChI=1S/C19H32N4O2.HI/c1-5-6-13-25-14-12-22-19(20-2)21-11-10-16-8-7-9-17(15-16)18(24)23(3)4;/h7-9,15H,5-6,10-14H2,1-4H3,(H2,20,21,22);1H. The summed E-state index contributed by atoms with van der Waals surface area (Å²) in [6, 6.07) is 7.75. The minimum absolute atomic E-state index is 0. The van der Waals surface area contributed by atoms with E-state index in [1.165, 1.54) is 0 Å². The molecule has 0 atom stereocenters. The van der Waals surface area contributed by atoms with Crippen LogP contribution >= 0.6 is 24.0 Å². The van der Waals surface area contributed by atoms with Gasteiger partial charge in [-0.25, -0.2) is 0 Å². The Labute approximate surface area is 174 Å². The Bertz CT molecular complexity index is 550. The van der Waals surface area contributed by atoms with E-state index in [4.69, 9.17) is 4.74 Å². The number of rotatable bonds is 10. The lowest BCUT2D eigenvalue weighted by atomic mass is 10.1. The highest BCUT2D eigenvalue weighted by Crippen LogP contribution is 2.07. The van der Waals surface area contributed by atoms with Crippen LogP contribution in [0.15, 0.2) is 29.3 Å². The molecule has 0 aliphatic rings. The van der Waals surface area contributed by atoms with Gasteiger partial charge >= 0.3 is 0 Å². The van der Waals surface area contributed by atoms with Crippen molar-refractivity contribution in [3.63, 3.8) is 0 Å². The highest BCUT2D eigenvalue weighted by atomic mass is 127. The fourth-order valence-electron chi connectivity index (χ4n) is 2.25. The highest BCUT2D eigenvalue weighted by molar-refractivity contribution is 14.0. The smallest absolute Gasteiger partial charge is 0.253 e. The van der Waals surface area contributed by atoms with Crippen LogP contribution < -0.4 is 10.6 Å². The lowest BCUT2D eigenvalue weighted by molar-refractivity contribution is 0.0827. The molecule has 6 nitrogen and oxygen atoms in total. The second-order valence-electron chi connectivity index (χ2n) is 6.04. The minimum Gasteiger partial charge on any atom is -0.380 e. The van der Waals surface area contributed by atoms with Crippen LogP contribution in [0.2, 0.25) is 0 Å². The molecule has 1 aromatic carbocycles. The van der Waals surface area contributed by atoms with Gasteiger partial charge < -0.3 is 20.3 Å². The number of unbranched alkanes of at least 4 members (excludes halogenated alkanes) is 1. The molecule has 0 spiro atoms. The van der Waals surface area contributed by atoms with Crippen LogP contribution in [0.5, 0.6) is 0 Å². The molecule has 0 saturated heterocycles. The third-order valence-corrected chi connectivity index (χ3v) is 3.69. The molecule has 0 aromatic heterocycles. The predicted octanol–water partition coefficient (Wildman–Crippen LogP) is 2.53. The van der Waals surface area contributed by atoms with Gasteiger partial charge in [0.25, 0.3) is 5.91 Å². The van der Waals surface area contributed by atoms with Crippen LogP contribution in [0.25, 0.3) is 0 Å². The van der Waals surface area contributed by atoms with E-state index in [0.29, 0.717) is 12.2 Å². The number of nitrogens with zero attached hydrogens (tertiary/aromatic N) is 2. The Morgan fingerprint density at radius 3 is 2.58 bits per heavy atom. The number of halogens is 1. The molecule has 0 bridgehead atoms. The average molecular weight is 476 g/mol. The first-order valence-electron chi connectivity index (χ1n) is 8.91.